The van der Waals surface area contributed by atoms with Gasteiger partial charge < -0.3 is 15.1 Å². The number of carbonyl (C=O) groups excluding carboxylic acids is 1. The molecule has 1 atom stereocenters. The SMILES string of the molecule is CN1CCN(C)C(CNCC(=O)N2CCCCCC2)C1. The van der Waals surface area contributed by atoms with E-state index in [0.29, 0.717) is 12.6 Å². The first-order valence-corrected chi connectivity index (χ1v) is 8.04. The van der Waals surface area contributed by atoms with Crippen molar-refractivity contribution in [2.45, 2.75) is 31.7 Å². The van der Waals surface area contributed by atoms with Crippen LogP contribution in [0.4, 0.5) is 0 Å². The number of likely N-dealkylation sites (N-methyl/N-ethyl adjacent to an activating group) is 2. The van der Waals surface area contributed by atoms with Gasteiger partial charge in [-0.3, -0.25) is 9.69 Å². The summed E-state index contributed by atoms with van der Waals surface area (Å²) in [6, 6.07) is 0.519. The molecule has 1 amide bonds. The Balaban J connectivity index is 1.67. The maximum atomic E-state index is 12.2. The van der Waals surface area contributed by atoms with Gasteiger partial charge in [-0.1, -0.05) is 12.8 Å². The molecule has 0 aromatic heterocycles. The molecular formula is C15H30N4O. The molecular weight excluding hydrogens is 252 g/mol. The average Bonchev–Trinajstić information content (AvgIpc) is 2.71. The zero-order valence-electron chi connectivity index (χ0n) is 13.1. The summed E-state index contributed by atoms with van der Waals surface area (Å²) in [5.41, 5.74) is 0. The van der Waals surface area contributed by atoms with E-state index in [0.717, 1.165) is 39.3 Å². The van der Waals surface area contributed by atoms with Crippen LogP contribution in [0.2, 0.25) is 0 Å². The van der Waals surface area contributed by atoms with Gasteiger partial charge in [-0.15, -0.1) is 0 Å². The first kappa shape index (κ1) is 15.7. The van der Waals surface area contributed by atoms with Gasteiger partial charge in [0, 0.05) is 45.3 Å². The van der Waals surface area contributed by atoms with Crippen LogP contribution >= 0.6 is 0 Å². The molecule has 5 heteroatoms. The summed E-state index contributed by atoms with van der Waals surface area (Å²) in [5, 5.41) is 3.36. The van der Waals surface area contributed by atoms with E-state index in [9.17, 15) is 4.79 Å². The molecule has 2 aliphatic heterocycles. The fourth-order valence-electron chi connectivity index (χ4n) is 3.10. The first-order valence-electron chi connectivity index (χ1n) is 8.04. The molecule has 2 aliphatic rings. The molecule has 0 saturated carbocycles. The molecule has 0 bridgehead atoms. The Morgan fingerprint density at radius 3 is 2.45 bits per heavy atom. The minimum atomic E-state index is 0.277. The smallest absolute Gasteiger partial charge is 0.236 e. The second kappa shape index (κ2) is 7.96. The van der Waals surface area contributed by atoms with Crippen molar-refractivity contribution in [3.63, 3.8) is 0 Å². The van der Waals surface area contributed by atoms with E-state index in [2.05, 4.69) is 29.2 Å². The second-order valence-corrected chi connectivity index (χ2v) is 6.32. The van der Waals surface area contributed by atoms with Crippen LogP contribution < -0.4 is 5.32 Å². The molecule has 2 saturated heterocycles. The van der Waals surface area contributed by atoms with E-state index in [4.69, 9.17) is 0 Å². The van der Waals surface area contributed by atoms with Gasteiger partial charge in [-0.05, 0) is 26.9 Å². The summed E-state index contributed by atoms with van der Waals surface area (Å²) in [5.74, 6) is 0.277. The van der Waals surface area contributed by atoms with Crippen molar-refractivity contribution >= 4 is 5.91 Å². The van der Waals surface area contributed by atoms with E-state index < -0.39 is 0 Å². The van der Waals surface area contributed by atoms with Crippen molar-refractivity contribution in [2.75, 3.05) is 59.9 Å². The Morgan fingerprint density at radius 1 is 1.05 bits per heavy atom. The number of nitrogens with one attached hydrogen (secondary N) is 1. The Labute approximate surface area is 123 Å². The monoisotopic (exact) mass is 282 g/mol. The molecule has 0 aliphatic carbocycles. The lowest BCUT2D eigenvalue weighted by atomic mass is 10.2. The minimum Gasteiger partial charge on any atom is -0.342 e. The summed E-state index contributed by atoms with van der Waals surface area (Å²) in [7, 11) is 4.35. The molecule has 2 rings (SSSR count). The molecule has 2 heterocycles. The van der Waals surface area contributed by atoms with Crippen LogP contribution in [0, 0.1) is 0 Å². The Kier molecular flexibility index (Phi) is 6.26. The zero-order valence-corrected chi connectivity index (χ0v) is 13.1. The van der Waals surface area contributed by atoms with Crippen molar-refractivity contribution in [3.8, 4) is 0 Å². The van der Waals surface area contributed by atoms with E-state index in [1.807, 2.05) is 4.90 Å². The van der Waals surface area contributed by atoms with E-state index in [-0.39, 0.29) is 5.91 Å². The van der Waals surface area contributed by atoms with Crippen LogP contribution in [0.1, 0.15) is 25.7 Å². The summed E-state index contributed by atoms with van der Waals surface area (Å²) in [6.07, 6.45) is 4.89. The van der Waals surface area contributed by atoms with Gasteiger partial charge in [0.25, 0.3) is 0 Å². The summed E-state index contributed by atoms with van der Waals surface area (Å²) < 4.78 is 0. The van der Waals surface area contributed by atoms with E-state index in [1.54, 1.807) is 0 Å². The third kappa shape index (κ3) is 4.72. The van der Waals surface area contributed by atoms with Gasteiger partial charge in [0.15, 0.2) is 0 Å². The Morgan fingerprint density at radius 2 is 1.75 bits per heavy atom. The Bertz CT molecular complexity index is 302. The fraction of sp³-hybridized carbons (Fsp3) is 0.933. The lowest BCUT2D eigenvalue weighted by Crippen LogP contribution is -2.54. The van der Waals surface area contributed by atoms with Crippen LogP contribution in [-0.4, -0.2) is 86.6 Å². The highest BCUT2D eigenvalue weighted by Gasteiger charge is 2.22. The van der Waals surface area contributed by atoms with Crippen LogP contribution in [0.25, 0.3) is 0 Å². The molecule has 116 valence electrons. The molecule has 5 nitrogen and oxygen atoms in total. The summed E-state index contributed by atoms with van der Waals surface area (Å²) >= 11 is 0. The predicted molar refractivity (Wildman–Crippen MR) is 81.8 cm³/mol. The molecule has 0 spiro atoms. The van der Waals surface area contributed by atoms with Gasteiger partial charge in [0.05, 0.1) is 6.54 Å². The number of likely N-dealkylation sites (tertiary alicyclic amines) is 1. The number of hydrogen-bond acceptors (Lipinski definition) is 4. The van der Waals surface area contributed by atoms with E-state index >= 15 is 0 Å². The van der Waals surface area contributed by atoms with Crippen LogP contribution in [0.5, 0.6) is 0 Å². The summed E-state index contributed by atoms with van der Waals surface area (Å²) in [4.78, 5) is 19.0. The molecule has 0 aromatic carbocycles. The topological polar surface area (TPSA) is 38.8 Å². The normalized spacial score (nSPS) is 26.5. The van der Waals surface area contributed by atoms with E-state index in [1.165, 1.54) is 25.7 Å². The third-order valence-electron chi connectivity index (χ3n) is 4.60. The van der Waals surface area contributed by atoms with Gasteiger partial charge in [-0.2, -0.15) is 0 Å². The largest absolute Gasteiger partial charge is 0.342 e. The van der Waals surface area contributed by atoms with Crippen molar-refractivity contribution in [1.29, 1.82) is 0 Å². The van der Waals surface area contributed by atoms with Gasteiger partial charge >= 0.3 is 0 Å². The highest BCUT2D eigenvalue weighted by atomic mass is 16.2. The van der Waals surface area contributed by atoms with Crippen LogP contribution in [0.15, 0.2) is 0 Å². The Hall–Kier alpha value is -0.650. The van der Waals surface area contributed by atoms with Crippen LogP contribution in [-0.2, 0) is 4.79 Å². The zero-order chi connectivity index (χ0) is 14.4. The van der Waals surface area contributed by atoms with Crippen LogP contribution in [0.3, 0.4) is 0 Å². The lowest BCUT2D eigenvalue weighted by molar-refractivity contribution is -0.130. The molecule has 2 fully saturated rings. The standard InChI is InChI=1S/C15H30N4O/c1-17-9-10-18(2)14(13-17)11-16-12-15(20)19-7-5-3-4-6-8-19/h14,16H,3-13H2,1-2H3. The molecule has 1 N–H and O–H groups in total. The summed E-state index contributed by atoms with van der Waals surface area (Å²) in [6.45, 7) is 6.64. The molecule has 0 radical (unpaired) electrons. The highest BCUT2D eigenvalue weighted by molar-refractivity contribution is 5.78. The second-order valence-electron chi connectivity index (χ2n) is 6.32. The van der Waals surface area contributed by atoms with Gasteiger partial charge in [-0.25, -0.2) is 0 Å². The number of piperazine rings is 1. The predicted octanol–water partition coefficient (Wildman–Crippen LogP) is 0.224. The number of nitrogens with zero attached hydrogens (tertiary/aromatic N) is 3. The number of carbonyl (C=O) groups is 1. The highest BCUT2D eigenvalue weighted by Crippen LogP contribution is 2.09. The first-order chi connectivity index (χ1) is 9.66. The maximum absolute atomic E-state index is 12.2. The molecule has 20 heavy (non-hydrogen) atoms. The maximum Gasteiger partial charge on any atom is 0.236 e. The van der Waals surface area contributed by atoms with Crippen molar-refractivity contribution in [2.24, 2.45) is 0 Å². The number of amides is 1. The van der Waals surface area contributed by atoms with Gasteiger partial charge in [0.2, 0.25) is 5.91 Å². The number of hydrogen-bond donors (Lipinski definition) is 1. The average molecular weight is 282 g/mol. The lowest BCUT2D eigenvalue weighted by Gasteiger charge is -2.37. The van der Waals surface area contributed by atoms with Crippen molar-refractivity contribution in [1.82, 2.24) is 20.0 Å². The third-order valence-corrected chi connectivity index (χ3v) is 4.60. The van der Waals surface area contributed by atoms with Crippen molar-refractivity contribution < 1.29 is 4.79 Å². The number of rotatable bonds is 4. The van der Waals surface area contributed by atoms with Crippen molar-refractivity contribution in [3.05, 3.63) is 0 Å². The van der Waals surface area contributed by atoms with Gasteiger partial charge in [0.1, 0.15) is 0 Å². The molecule has 1 unspecified atom stereocenters. The quantitative estimate of drug-likeness (QED) is 0.801. The molecule has 0 aromatic rings. The minimum absolute atomic E-state index is 0.277. The fourth-order valence-corrected chi connectivity index (χ4v) is 3.10.